The van der Waals surface area contributed by atoms with Gasteiger partial charge < -0.3 is 10.1 Å². The van der Waals surface area contributed by atoms with Gasteiger partial charge in [-0.05, 0) is 48.2 Å². The highest BCUT2D eigenvalue weighted by Gasteiger charge is 2.14. The van der Waals surface area contributed by atoms with E-state index in [2.05, 4.69) is 68.6 Å². The van der Waals surface area contributed by atoms with Crippen LogP contribution in [0.25, 0.3) is 0 Å². The second-order valence-electron chi connectivity index (χ2n) is 5.32. The van der Waals surface area contributed by atoms with Gasteiger partial charge in [0.1, 0.15) is 5.75 Å². The molecule has 0 bridgehead atoms. The molecule has 1 N–H and O–H groups in total. The van der Waals surface area contributed by atoms with E-state index >= 15 is 0 Å². The standard InChI is InChI=1S/C19H25NO/c1-5-15-8-7-9-16(12-15)19(20-6-2)17-11-10-14(3)18(13-17)21-4/h7-13,19-20H,5-6H2,1-4H3. The summed E-state index contributed by atoms with van der Waals surface area (Å²) < 4.78 is 5.47. The molecule has 2 heteroatoms. The lowest BCUT2D eigenvalue weighted by atomic mass is 9.95. The first-order chi connectivity index (χ1) is 10.2. The molecule has 2 rings (SSSR count). The van der Waals surface area contributed by atoms with E-state index in [4.69, 9.17) is 4.74 Å². The third kappa shape index (κ3) is 3.64. The average Bonchev–Trinajstić information content (AvgIpc) is 2.53. The summed E-state index contributed by atoms with van der Waals surface area (Å²) in [5, 5.41) is 3.58. The van der Waals surface area contributed by atoms with Gasteiger partial charge in [0, 0.05) is 0 Å². The summed E-state index contributed by atoms with van der Waals surface area (Å²) in [5.41, 5.74) is 5.09. The Morgan fingerprint density at radius 3 is 2.48 bits per heavy atom. The fourth-order valence-electron chi connectivity index (χ4n) is 2.64. The summed E-state index contributed by atoms with van der Waals surface area (Å²) in [5.74, 6) is 0.946. The molecule has 0 aliphatic rings. The summed E-state index contributed by atoms with van der Waals surface area (Å²) in [6.45, 7) is 7.33. The lowest BCUT2D eigenvalue weighted by Gasteiger charge is -2.21. The van der Waals surface area contributed by atoms with Crippen LogP contribution in [-0.2, 0) is 6.42 Å². The number of ether oxygens (including phenoxy) is 1. The fraction of sp³-hybridized carbons (Fsp3) is 0.368. The van der Waals surface area contributed by atoms with Crippen LogP contribution in [0.15, 0.2) is 42.5 Å². The number of hydrogen-bond donors (Lipinski definition) is 1. The van der Waals surface area contributed by atoms with Gasteiger partial charge in [0.05, 0.1) is 13.2 Å². The van der Waals surface area contributed by atoms with Crippen LogP contribution in [0.5, 0.6) is 5.75 Å². The van der Waals surface area contributed by atoms with Crippen LogP contribution < -0.4 is 10.1 Å². The Morgan fingerprint density at radius 2 is 1.81 bits per heavy atom. The van der Waals surface area contributed by atoms with Crippen molar-refractivity contribution in [1.82, 2.24) is 5.32 Å². The number of rotatable bonds is 6. The minimum Gasteiger partial charge on any atom is -0.496 e. The number of benzene rings is 2. The zero-order chi connectivity index (χ0) is 15.2. The van der Waals surface area contributed by atoms with E-state index in [0.717, 1.165) is 18.7 Å². The third-order valence-corrected chi connectivity index (χ3v) is 3.87. The Morgan fingerprint density at radius 1 is 1.05 bits per heavy atom. The molecule has 0 aromatic heterocycles. The highest BCUT2D eigenvalue weighted by atomic mass is 16.5. The van der Waals surface area contributed by atoms with Gasteiger partial charge in [-0.2, -0.15) is 0 Å². The largest absolute Gasteiger partial charge is 0.496 e. The van der Waals surface area contributed by atoms with Crippen LogP contribution in [0.4, 0.5) is 0 Å². The molecule has 1 unspecified atom stereocenters. The first-order valence-electron chi connectivity index (χ1n) is 7.66. The van der Waals surface area contributed by atoms with E-state index < -0.39 is 0 Å². The molecular weight excluding hydrogens is 258 g/mol. The van der Waals surface area contributed by atoms with Crippen LogP contribution in [0.1, 0.15) is 42.1 Å². The maximum atomic E-state index is 5.47. The van der Waals surface area contributed by atoms with Crippen LogP contribution in [0.2, 0.25) is 0 Å². The van der Waals surface area contributed by atoms with Gasteiger partial charge in [0.15, 0.2) is 0 Å². The molecule has 0 fully saturated rings. The van der Waals surface area contributed by atoms with Crippen molar-refractivity contribution in [3.8, 4) is 5.75 Å². The summed E-state index contributed by atoms with van der Waals surface area (Å²) in [4.78, 5) is 0. The number of methoxy groups -OCH3 is 1. The quantitative estimate of drug-likeness (QED) is 0.855. The van der Waals surface area contributed by atoms with Gasteiger partial charge in [-0.25, -0.2) is 0 Å². The van der Waals surface area contributed by atoms with E-state index in [-0.39, 0.29) is 6.04 Å². The van der Waals surface area contributed by atoms with E-state index in [1.807, 2.05) is 0 Å². The van der Waals surface area contributed by atoms with Crippen molar-refractivity contribution in [2.45, 2.75) is 33.2 Å². The summed E-state index contributed by atoms with van der Waals surface area (Å²) >= 11 is 0. The Balaban J connectivity index is 2.42. The van der Waals surface area contributed by atoms with Gasteiger partial charge in [-0.3, -0.25) is 0 Å². The molecule has 0 saturated carbocycles. The first-order valence-corrected chi connectivity index (χ1v) is 7.66. The highest BCUT2D eigenvalue weighted by Crippen LogP contribution is 2.28. The topological polar surface area (TPSA) is 21.3 Å². The second kappa shape index (κ2) is 7.28. The number of aryl methyl sites for hydroxylation is 2. The van der Waals surface area contributed by atoms with Crippen molar-refractivity contribution < 1.29 is 4.74 Å². The first kappa shape index (κ1) is 15.6. The van der Waals surface area contributed by atoms with Crippen molar-refractivity contribution in [1.29, 1.82) is 0 Å². The zero-order valence-electron chi connectivity index (χ0n) is 13.4. The highest BCUT2D eigenvalue weighted by molar-refractivity contribution is 5.42. The van der Waals surface area contributed by atoms with Crippen LogP contribution in [-0.4, -0.2) is 13.7 Å². The van der Waals surface area contributed by atoms with Crippen molar-refractivity contribution in [2.75, 3.05) is 13.7 Å². The summed E-state index contributed by atoms with van der Waals surface area (Å²) in [6, 6.07) is 15.5. The smallest absolute Gasteiger partial charge is 0.122 e. The Kier molecular flexibility index (Phi) is 5.40. The summed E-state index contributed by atoms with van der Waals surface area (Å²) in [6.07, 6.45) is 1.06. The van der Waals surface area contributed by atoms with Gasteiger partial charge in [0.25, 0.3) is 0 Å². The molecular formula is C19H25NO. The Hall–Kier alpha value is -1.80. The molecule has 0 saturated heterocycles. The molecule has 0 radical (unpaired) electrons. The molecule has 0 aliphatic carbocycles. The lowest BCUT2D eigenvalue weighted by molar-refractivity contribution is 0.410. The van der Waals surface area contributed by atoms with E-state index in [1.54, 1.807) is 7.11 Å². The van der Waals surface area contributed by atoms with Crippen molar-refractivity contribution in [2.24, 2.45) is 0 Å². The molecule has 0 heterocycles. The predicted octanol–water partition coefficient (Wildman–Crippen LogP) is 4.26. The van der Waals surface area contributed by atoms with Gasteiger partial charge in [0.2, 0.25) is 0 Å². The van der Waals surface area contributed by atoms with E-state index in [1.165, 1.54) is 22.3 Å². The Bertz CT molecular complexity index is 592. The van der Waals surface area contributed by atoms with Gasteiger partial charge in [-0.1, -0.05) is 50.2 Å². The number of nitrogens with one attached hydrogen (secondary N) is 1. The van der Waals surface area contributed by atoms with Crippen molar-refractivity contribution in [3.05, 3.63) is 64.7 Å². The van der Waals surface area contributed by atoms with Crippen LogP contribution in [0, 0.1) is 6.92 Å². The molecule has 0 aliphatic heterocycles. The van der Waals surface area contributed by atoms with E-state index in [9.17, 15) is 0 Å². The van der Waals surface area contributed by atoms with Gasteiger partial charge in [-0.15, -0.1) is 0 Å². The zero-order valence-corrected chi connectivity index (χ0v) is 13.4. The predicted molar refractivity (Wildman–Crippen MR) is 89.1 cm³/mol. The minimum absolute atomic E-state index is 0.205. The maximum absolute atomic E-state index is 5.47. The third-order valence-electron chi connectivity index (χ3n) is 3.87. The molecule has 112 valence electrons. The minimum atomic E-state index is 0.205. The van der Waals surface area contributed by atoms with Crippen LogP contribution >= 0.6 is 0 Å². The second-order valence-corrected chi connectivity index (χ2v) is 5.32. The fourth-order valence-corrected chi connectivity index (χ4v) is 2.64. The van der Waals surface area contributed by atoms with Crippen LogP contribution in [0.3, 0.4) is 0 Å². The van der Waals surface area contributed by atoms with Crippen molar-refractivity contribution in [3.63, 3.8) is 0 Å². The molecule has 2 aromatic rings. The van der Waals surface area contributed by atoms with Gasteiger partial charge >= 0.3 is 0 Å². The number of hydrogen-bond acceptors (Lipinski definition) is 2. The average molecular weight is 283 g/mol. The summed E-state index contributed by atoms with van der Waals surface area (Å²) in [7, 11) is 1.73. The maximum Gasteiger partial charge on any atom is 0.122 e. The Labute approximate surface area is 128 Å². The molecule has 0 amide bonds. The lowest BCUT2D eigenvalue weighted by Crippen LogP contribution is -2.22. The molecule has 2 aromatic carbocycles. The monoisotopic (exact) mass is 283 g/mol. The molecule has 21 heavy (non-hydrogen) atoms. The SMILES string of the molecule is CCNC(c1cccc(CC)c1)c1ccc(C)c(OC)c1. The molecule has 1 atom stereocenters. The van der Waals surface area contributed by atoms with Crippen molar-refractivity contribution >= 4 is 0 Å². The molecule has 2 nitrogen and oxygen atoms in total. The van der Waals surface area contributed by atoms with E-state index in [0.29, 0.717) is 0 Å². The normalized spacial score (nSPS) is 12.2. The molecule has 0 spiro atoms.